The number of carbonyl (C=O) groups excluding carboxylic acids is 1. The minimum absolute atomic E-state index is 0.329. The van der Waals surface area contributed by atoms with Crippen LogP contribution in [0.4, 0.5) is 0 Å². The summed E-state index contributed by atoms with van der Waals surface area (Å²) in [6.45, 7) is 0. The maximum absolute atomic E-state index is 12.7. The van der Waals surface area contributed by atoms with E-state index in [1.807, 2.05) is 83.6 Å². The summed E-state index contributed by atoms with van der Waals surface area (Å²) >= 11 is 3.48. The van der Waals surface area contributed by atoms with Gasteiger partial charge in [0.25, 0.3) is 5.91 Å². The van der Waals surface area contributed by atoms with Gasteiger partial charge in [-0.1, -0.05) is 46.3 Å². The average molecular weight is 448 g/mol. The predicted molar refractivity (Wildman–Crippen MR) is 119 cm³/mol. The number of fused-ring (bicyclic) bond motifs is 1. The van der Waals surface area contributed by atoms with Gasteiger partial charge in [0, 0.05) is 16.4 Å². The van der Waals surface area contributed by atoms with Gasteiger partial charge in [-0.05, 0) is 53.2 Å². The highest BCUT2D eigenvalue weighted by atomic mass is 79.9. The number of carbonyl (C=O) groups is 1. The van der Waals surface area contributed by atoms with Crippen molar-refractivity contribution >= 4 is 38.8 Å². The number of aromatic nitrogens is 1. The van der Waals surface area contributed by atoms with E-state index in [1.165, 1.54) is 0 Å². The van der Waals surface area contributed by atoms with Crippen LogP contribution in [0.2, 0.25) is 0 Å². The summed E-state index contributed by atoms with van der Waals surface area (Å²) in [7, 11) is 1.55. The van der Waals surface area contributed by atoms with Crippen molar-refractivity contribution in [3.8, 4) is 11.4 Å². The predicted octanol–water partition coefficient (Wildman–Crippen LogP) is 5.17. The van der Waals surface area contributed by atoms with E-state index in [0.29, 0.717) is 11.3 Å². The smallest absolute Gasteiger partial charge is 0.275 e. The molecule has 0 unspecified atom stereocenters. The number of hydrazone groups is 1. The highest BCUT2D eigenvalue weighted by Crippen LogP contribution is 2.26. The monoisotopic (exact) mass is 447 g/mol. The Morgan fingerprint density at radius 2 is 1.83 bits per heavy atom. The minimum atomic E-state index is -0.329. The highest BCUT2D eigenvalue weighted by molar-refractivity contribution is 9.10. The van der Waals surface area contributed by atoms with E-state index in [9.17, 15) is 4.79 Å². The van der Waals surface area contributed by atoms with Crippen molar-refractivity contribution < 1.29 is 9.53 Å². The summed E-state index contributed by atoms with van der Waals surface area (Å²) in [5.74, 6) is 0.179. The fraction of sp³-hybridized carbons (Fsp3) is 0.0435. The van der Waals surface area contributed by atoms with Gasteiger partial charge in [-0.3, -0.25) is 4.79 Å². The molecule has 0 spiro atoms. The van der Waals surface area contributed by atoms with Crippen molar-refractivity contribution in [3.05, 3.63) is 94.7 Å². The topological polar surface area (TPSA) is 55.6 Å². The fourth-order valence-electron chi connectivity index (χ4n) is 3.14. The SMILES string of the molecule is COc1cc2ccccc2cc1C(=O)N/N=C\c1cccn1-c1cccc(Br)c1. The molecule has 1 aromatic heterocycles. The zero-order chi connectivity index (χ0) is 20.2. The lowest BCUT2D eigenvalue weighted by atomic mass is 10.1. The van der Waals surface area contributed by atoms with Crippen molar-refractivity contribution in [2.75, 3.05) is 7.11 Å². The summed E-state index contributed by atoms with van der Waals surface area (Å²) in [6.07, 6.45) is 3.56. The van der Waals surface area contributed by atoms with E-state index in [1.54, 1.807) is 13.3 Å². The fourth-order valence-corrected chi connectivity index (χ4v) is 3.53. The van der Waals surface area contributed by atoms with Gasteiger partial charge in [-0.2, -0.15) is 5.10 Å². The molecule has 0 saturated heterocycles. The molecule has 29 heavy (non-hydrogen) atoms. The number of methoxy groups -OCH3 is 1. The standard InChI is InChI=1S/C23H18BrN3O2/c1-29-22-13-17-7-3-2-6-16(17)12-21(22)23(28)26-25-15-20-10-5-11-27(20)19-9-4-8-18(24)14-19/h2-15H,1H3,(H,26,28)/b25-15-. The molecular weight excluding hydrogens is 430 g/mol. The first-order chi connectivity index (χ1) is 14.2. The van der Waals surface area contributed by atoms with Gasteiger partial charge < -0.3 is 9.30 Å². The average Bonchev–Trinajstić information content (AvgIpc) is 3.21. The second kappa shape index (κ2) is 8.32. The molecule has 0 radical (unpaired) electrons. The second-order valence-corrected chi connectivity index (χ2v) is 7.30. The van der Waals surface area contributed by atoms with Gasteiger partial charge in [-0.15, -0.1) is 0 Å². The molecular formula is C23H18BrN3O2. The molecule has 0 aliphatic rings. The van der Waals surface area contributed by atoms with Crippen molar-refractivity contribution in [2.24, 2.45) is 5.10 Å². The molecule has 1 N–H and O–H groups in total. The van der Waals surface area contributed by atoms with Crippen LogP contribution >= 0.6 is 15.9 Å². The summed E-state index contributed by atoms with van der Waals surface area (Å²) in [5, 5.41) is 6.12. The number of halogens is 1. The van der Waals surface area contributed by atoms with Crippen LogP contribution in [-0.2, 0) is 0 Å². The molecule has 0 aliphatic heterocycles. The molecule has 4 aromatic rings. The summed E-state index contributed by atoms with van der Waals surface area (Å²) in [4.78, 5) is 12.7. The summed E-state index contributed by atoms with van der Waals surface area (Å²) in [6, 6.07) is 23.3. The van der Waals surface area contributed by atoms with Crippen molar-refractivity contribution in [2.45, 2.75) is 0 Å². The molecule has 0 fully saturated rings. The molecule has 1 heterocycles. The highest BCUT2D eigenvalue weighted by Gasteiger charge is 2.13. The Bertz CT molecular complexity index is 1210. The molecule has 144 valence electrons. The van der Waals surface area contributed by atoms with E-state index in [4.69, 9.17) is 4.74 Å². The number of amides is 1. The minimum Gasteiger partial charge on any atom is -0.496 e. The molecule has 0 aliphatic carbocycles. The molecule has 0 bridgehead atoms. The number of nitrogens with one attached hydrogen (secondary N) is 1. The van der Waals surface area contributed by atoms with Gasteiger partial charge in [-0.25, -0.2) is 5.43 Å². The lowest BCUT2D eigenvalue weighted by Crippen LogP contribution is -2.18. The third-order valence-electron chi connectivity index (χ3n) is 4.54. The molecule has 0 saturated carbocycles. The lowest BCUT2D eigenvalue weighted by Gasteiger charge is -2.09. The molecule has 6 heteroatoms. The number of ether oxygens (including phenoxy) is 1. The third-order valence-corrected chi connectivity index (χ3v) is 5.04. The Morgan fingerprint density at radius 3 is 2.59 bits per heavy atom. The van der Waals surface area contributed by atoms with Gasteiger partial charge in [0.05, 0.1) is 24.6 Å². The third kappa shape index (κ3) is 4.07. The summed E-state index contributed by atoms with van der Waals surface area (Å²) < 4.78 is 8.37. The first-order valence-corrected chi connectivity index (χ1v) is 9.78. The molecule has 3 aromatic carbocycles. The van der Waals surface area contributed by atoms with Crippen LogP contribution in [0, 0.1) is 0 Å². The first-order valence-electron chi connectivity index (χ1n) is 8.99. The second-order valence-electron chi connectivity index (χ2n) is 6.38. The van der Waals surface area contributed by atoms with E-state index >= 15 is 0 Å². The first kappa shape index (κ1) is 19.0. The van der Waals surface area contributed by atoms with Gasteiger partial charge in [0.15, 0.2) is 0 Å². The number of benzene rings is 3. The number of hydrogen-bond donors (Lipinski definition) is 1. The Labute approximate surface area is 176 Å². The Hall–Kier alpha value is -3.38. The van der Waals surface area contributed by atoms with E-state index in [2.05, 4.69) is 26.5 Å². The number of hydrogen-bond acceptors (Lipinski definition) is 3. The van der Waals surface area contributed by atoms with Gasteiger partial charge in [0.1, 0.15) is 5.75 Å². The maximum Gasteiger partial charge on any atom is 0.275 e. The molecule has 4 rings (SSSR count). The van der Waals surface area contributed by atoms with Crippen molar-refractivity contribution in [3.63, 3.8) is 0 Å². The Balaban J connectivity index is 1.56. The van der Waals surface area contributed by atoms with Gasteiger partial charge in [0.2, 0.25) is 0 Å². The van der Waals surface area contributed by atoms with E-state index < -0.39 is 0 Å². The lowest BCUT2D eigenvalue weighted by molar-refractivity contribution is 0.0952. The zero-order valence-corrected chi connectivity index (χ0v) is 17.3. The zero-order valence-electron chi connectivity index (χ0n) is 15.7. The van der Waals surface area contributed by atoms with E-state index in [-0.39, 0.29) is 5.91 Å². The normalized spacial score (nSPS) is 11.1. The Morgan fingerprint density at radius 1 is 1.03 bits per heavy atom. The van der Waals surface area contributed by atoms with Crippen molar-refractivity contribution in [1.29, 1.82) is 0 Å². The van der Waals surface area contributed by atoms with Crippen LogP contribution in [0.1, 0.15) is 16.1 Å². The van der Waals surface area contributed by atoms with Crippen LogP contribution < -0.4 is 10.2 Å². The van der Waals surface area contributed by atoms with Crippen LogP contribution in [-0.4, -0.2) is 23.8 Å². The van der Waals surface area contributed by atoms with Crippen LogP contribution in [0.3, 0.4) is 0 Å². The molecule has 5 nitrogen and oxygen atoms in total. The Kier molecular flexibility index (Phi) is 5.44. The largest absolute Gasteiger partial charge is 0.496 e. The van der Waals surface area contributed by atoms with Crippen LogP contribution in [0.15, 0.2) is 88.6 Å². The maximum atomic E-state index is 12.7. The molecule has 0 atom stereocenters. The number of rotatable bonds is 5. The number of nitrogens with zero attached hydrogens (tertiary/aromatic N) is 2. The van der Waals surface area contributed by atoms with Gasteiger partial charge >= 0.3 is 0 Å². The quantitative estimate of drug-likeness (QED) is 0.339. The summed E-state index contributed by atoms with van der Waals surface area (Å²) in [5.41, 5.74) is 4.87. The van der Waals surface area contributed by atoms with Crippen LogP contribution in [0.25, 0.3) is 16.5 Å². The van der Waals surface area contributed by atoms with Crippen molar-refractivity contribution in [1.82, 2.24) is 9.99 Å². The van der Waals surface area contributed by atoms with E-state index in [0.717, 1.165) is 26.6 Å². The van der Waals surface area contributed by atoms with Crippen LogP contribution in [0.5, 0.6) is 5.75 Å². The molecule has 1 amide bonds.